The summed E-state index contributed by atoms with van der Waals surface area (Å²) < 4.78 is 14.6. The minimum absolute atomic E-state index is 0.633. The highest BCUT2D eigenvalue weighted by molar-refractivity contribution is 7.22. The summed E-state index contributed by atoms with van der Waals surface area (Å²) in [6, 6.07) is 17.3. The summed E-state index contributed by atoms with van der Waals surface area (Å²) in [4.78, 5) is 9.54. The molecule has 0 atom stereocenters. The number of fused-ring (bicyclic) bond motifs is 3. The van der Waals surface area contributed by atoms with Gasteiger partial charge < -0.3 is 14.8 Å². The van der Waals surface area contributed by atoms with Gasteiger partial charge >= 0.3 is 0 Å². The Hall–Kier alpha value is -3.40. The van der Waals surface area contributed by atoms with Crippen molar-refractivity contribution in [3.8, 4) is 16.6 Å². The molecule has 0 bridgehead atoms. The molecule has 0 saturated carbocycles. The predicted octanol–water partition coefficient (Wildman–Crippen LogP) is 6.66. The van der Waals surface area contributed by atoms with Crippen molar-refractivity contribution in [3.63, 3.8) is 0 Å². The van der Waals surface area contributed by atoms with Gasteiger partial charge in [0.25, 0.3) is 0 Å². The molecule has 3 heterocycles. The number of nitrogens with zero attached hydrogens (tertiary/aromatic N) is 4. The Morgan fingerprint density at radius 1 is 0.818 bits per heavy atom. The first-order valence-electron chi connectivity index (χ1n) is 9.96. The third-order valence-corrected chi connectivity index (χ3v) is 7.38. The molecule has 0 unspecified atom stereocenters. The zero-order valence-electron chi connectivity index (χ0n) is 17.5. The number of hydrogen-bond acceptors (Lipinski definition) is 8. The van der Waals surface area contributed by atoms with E-state index in [0.717, 1.165) is 58.9 Å². The molecule has 0 aliphatic carbocycles. The molecule has 0 amide bonds. The Bertz CT molecular complexity index is 1660. The fraction of sp³-hybridized carbons (Fsp3) is 0.0870. The van der Waals surface area contributed by atoms with Crippen LogP contribution in [0.3, 0.4) is 0 Å². The fourth-order valence-corrected chi connectivity index (χ4v) is 5.63. The molecule has 0 spiro atoms. The van der Waals surface area contributed by atoms with Gasteiger partial charge in [0.15, 0.2) is 5.13 Å². The quantitative estimate of drug-likeness (QED) is 0.289. The van der Waals surface area contributed by atoms with Gasteiger partial charge in [0, 0.05) is 10.4 Å². The average Bonchev–Trinajstić information content (AvgIpc) is 3.52. The summed E-state index contributed by atoms with van der Waals surface area (Å²) in [5.74, 6) is 2.34. The maximum absolute atomic E-state index is 6.33. The molecule has 0 saturated heterocycles. The number of methoxy groups -OCH3 is 2. The van der Waals surface area contributed by atoms with Crippen molar-refractivity contribution in [3.05, 3.63) is 59.6 Å². The Kier molecular flexibility index (Phi) is 4.83. The second-order valence-electron chi connectivity index (χ2n) is 7.23. The van der Waals surface area contributed by atoms with Crippen molar-refractivity contribution in [2.45, 2.75) is 0 Å². The number of ether oxygens (including phenoxy) is 2. The van der Waals surface area contributed by atoms with Crippen LogP contribution in [-0.2, 0) is 0 Å². The van der Waals surface area contributed by atoms with Crippen LogP contribution in [0.4, 0.5) is 10.9 Å². The van der Waals surface area contributed by atoms with Crippen LogP contribution in [-0.4, -0.2) is 34.0 Å². The highest BCUT2D eigenvalue weighted by Crippen LogP contribution is 2.37. The lowest BCUT2D eigenvalue weighted by atomic mass is 10.2. The van der Waals surface area contributed by atoms with Crippen LogP contribution in [0.15, 0.2) is 54.6 Å². The first-order chi connectivity index (χ1) is 16.1. The summed E-state index contributed by atoms with van der Waals surface area (Å²) in [5, 5.41) is 11.3. The van der Waals surface area contributed by atoms with Crippen LogP contribution in [0.1, 0.15) is 0 Å². The molecule has 7 nitrogen and oxygen atoms in total. The zero-order valence-corrected chi connectivity index (χ0v) is 19.9. The van der Waals surface area contributed by atoms with Crippen molar-refractivity contribution >= 4 is 76.6 Å². The number of halogens is 1. The van der Waals surface area contributed by atoms with E-state index in [-0.39, 0.29) is 0 Å². The molecule has 0 radical (unpaired) electrons. The number of hydrogen-bond donors (Lipinski definition) is 1. The number of benzene rings is 3. The Morgan fingerprint density at radius 2 is 1.48 bits per heavy atom. The summed E-state index contributed by atoms with van der Waals surface area (Å²) in [5.41, 5.74) is 2.58. The van der Waals surface area contributed by atoms with Crippen LogP contribution < -0.4 is 14.8 Å². The molecule has 3 aromatic heterocycles. The molecular formula is C23H16ClN5O2S2. The van der Waals surface area contributed by atoms with E-state index in [2.05, 4.69) is 5.32 Å². The number of nitrogens with one attached hydrogen (secondary N) is 1. The molecule has 10 heteroatoms. The van der Waals surface area contributed by atoms with E-state index >= 15 is 0 Å². The first kappa shape index (κ1) is 20.2. The van der Waals surface area contributed by atoms with Crippen molar-refractivity contribution in [2.24, 2.45) is 0 Å². The molecular weight excluding hydrogens is 478 g/mol. The topological polar surface area (TPSA) is 74.1 Å². The van der Waals surface area contributed by atoms with E-state index in [9.17, 15) is 0 Å². The lowest BCUT2D eigenvalue weighted by molar-refractivity contribution is 0.415. The number of rotatable bonds is 5. The molecule has 0 aliphatic heterocycles. The zero-order chi connectivity index (χ0) is 22.5. The van der Waals surface area contributed by atoms with Gasteiger partial charge in [-0.1, -0.05) is 34.3 Å². The van der Waals surface area contributed by atoms with Gasteiger partial charge in [-0.15, -0.1) is 0 Å². The maximum Gasteiger partial charge on any atom is 0.213 e. The average molecular weight is 494 g/mol. The standard InChI is InChI=1S/C23H16ClN5O2S2/c1-30-13-4-7-17-19(10-13)32-22(25-17)27-21-15-9-12(24)3-6-16(15)28-29(21)23-26-18-8-5-14(31-2)11-20(18)33-23/h3-11H,1-2H3,(H,25,27). The number of thiazole rings is 2. The third-order valence-electron chi connectivity index (χ3n) is 5.22. The normalized spacial score (nSPS) is 11.5. The van der Waals surface area contributed by atoms with E-state index in [0.29, 0.717) is 5.02 Å². The summed E-state index contributed by atoms with van der Waals surface area (Å²) >= 11 is 9.40. The molecule has 6 aromatic rings. The van der Waals surface area contributed by atoms with E-state index in [1.54, 1.807) is 25.6 Å². The molecule has 33 heavy (non-hydrogen) atoms. The molecule has 6 rings (SSSR count). The van der Waals surface area contributed by atoms with Crippen LogP contribution in [0, 0.1) is 0 Å². The van der Waals surface area contributed by atoms with Gasteiger partial charge in [-0.2, -0.15) is 9.78 Å². The first-order valence-corrected chi connectivity index (χ1v) is 12.0. The Balaban J connectivity index is 1.50. The van der Waals surface area contributed by atoms with Crippen LogP contribution in [0.25, 0.3) is 36.5 Å². The van der Waals surface area contributed by atoms with E-state index in [1.807, 2.05) is 59.3 Å². The largest absolute Gasteiger partial charge is 0.497 e. The van der Waals surface area contributed by atoms with Crippen molar-refractivity contribution in [1.82, 2.24) is 19.7 Å². The maximum atomic E-state index is 6.33. The van der Waals surface area contributed by atoms with Gasteiger partial charge in [-0.3, -0.25) is 0 Å². The van der Waals surface area contributed by atoms with Gasteiger partial charge in [0.05, 0.1) is 40.2 Å². The second-order valence-corrected chi connectivity index (χ2v) is 9.71. The highest BCUT2D eigenvalue weighted by atomic mass is 35.5. The minimum atomic E-state index is 0.633. The second kappa shape index (κ2) is 7.87. The van der Waals surface area contributed by atoms with Gasteiger partial charge in [-0.05, 0) is 54.6 Å². The van der Waals surface area contributed by atoms with Gasteiger partial charge in [0.2, 0.25) is 5.13 Å². The SMILES string of the molecule is COc1ccc2nc(Nc3c4cc(Cl)ccc4nn3-c3nc4ccc(OC)cc4s3)sc2c1. The fourth-order valence-electron chi connectivity index (χ4n) is 3.61. The smallest absolute Gasteiger partial charge is 0.213 e. The van der Waals surface area contributed by atoms with Crippen molar-refractivity contribution in [1.29, 1.82) is 0 Å². The summed E-state index contributed by atoms with van der Waals surface area (Å²) in [6.07, 6.45) is 0. The Morgan fingerprint density at radius 3 is 2.21 bits per heavy atom. The molecule has 1 N–H and O–H groups in total. The van der Waals surface area contributed by atoms with Gasteiger partial charge in [0.1, 0.15) is 17.3 Å². The minimum Gasteiger partial charge on any atom is -0.497 e. The molecule has 3 aromatic carbocycles. The number of aromatic nitrogens is 4. The monoisotopic (exact) mass is 493 g/mol. The predicted molar refractivity (Wildman–Crippen MR) is 135 cm³/mol. The van der Waals surface area contributed by atoms with Gasteiger partial charge in [-0.25, -0.2) is 9.97 Å². The third kappa shape index (κ3) is 3.54. The van der Waals surface area contributed by atoms with E-state index in [4.69, 9.17) is 36.1 Å². The van der Waals surface area contributed by atoms with E-state index < -0.39 is 0 Å². The van der Waals surface area contributed by atoms with Crippen LogP contribution in [0.2, 0.25) is 5.02 Å². The lowest BCUT2D eigenvalue weighted by Gasteiger charge is -2.05. The number of anilines is 2. The molecule has 0 fully saturated rings. The molecule has 0 aliphatic rings. The lowest BCUT2D eigenvalue weighted by Crippen LogP contribution is -2.02. The van der Waals surface area contributed by atoms with Crippen LogP contribution in [0.5, 0.6) is 11.5 Å². The summed E-state index contributed by atoms with van der Waals surface area (Å²) in [6.45, 7) is 0. The highest BCUT2D eigenvalue weighted by Gasteiger charge is 2.18. The van der Waals surface area contributed by atoms with Crippen LogP contribution >= 0.6 is 34.3 Å². The van der Waals surface area contributed by atoms with Crippen molar-refractivity contribution < 1.29 is 9.47 Å². The van der Waals surface area contributed by atoms with Crippen molar-refractivity contribution in [2.75, 3.05) is 19.5 Å². The summed E-state index contributed by atoms with van der Waals surface area (Å²) in [7, 11) is 3.31. The van der Waals surface area contributed by atoms with E-state index in [1.165, 1.54) is 11.3 Å². The Labute approximate surface area is 201 Å². The molecule has 164 valence electrons.